The molecule has 2 unspecified atom stereocenters. The molecule has 10 heteroatoms. The minimum Gasteiger partial charge on any atom is -0.495 e. The van der Waals surface area contributed by atoms with E-state index in [1.54, 1.807) is 25.3 Å². The molecule has 7 nitrogen and oxygen atoms in total. The van der Waals surface area contributed by atoms with Crippen molar-refractivity contribution in [1.82, 2.24) is 20.0 Å². The van der Waals surface area contributed by atoms with Gasteiger partial charge in [-0.05, 0) is 48.4 Å². The summed E-state index contributed by atoms with van der Waals surface area (Å²) in [4.78, 5) is 13.1. The molecule has 39 heavy (non-hydrogen) atoms. The number of hydrogen-bond donors (Lipinski definition) is 1. The Balaban J connectivity index is 1.22. The van der Waals surface area contributed by atoms with Gasteiger partial charge in [0.2, 0.25) is 11.0 Å². The number of methoxy groups -OCH3 is 1. The highest BCUT2D eigenvalue weighted by Gasteiger charge is 2.46. The molecule has 0 bridgehead atoms. The SMILES string of the molecule is COc1ccc(-c2nn(-c3ccccc3)cc2C2CC2C(=O)Nc2nnc(Cc3ccccc3F)s2)cc1Cl. The monoisotopic (exact) mass is 559 g/mol. The van der Waals surface area contributed by atoms with Crippen LogP contribution in [0.5, 0.6) is 5.75 Å². The normalized spacial score (nSPS) is 16.2. The molecule has 5 aromatic rings. The van der Waals surface area contributed by atoms with Gasteiger partial charge >= 0.3 is 0 Å². The number of amides is 1. The quantitative estimate of drug-likeness (QED) is 0.234. The molecule has 0 radical (unpaired) electrons. The first kappa shape index (κ1) is 25.2. The first-order chi connectivity index (χ1) is 19.0. The van der Waals surface area contributed by atoms with E-state index in [2.05, 4.69) is 15.5 Å². The maximum Gasteiger partial charge on any atom is 0.229 e. The van der Waals surface area contributed by atoms with Gasteiger partial charge in [0.25, 0.3) is 0 Å². The van der Waals surface area contributed by atoms with Crippen LogP contribution in [0.3, 0.4) is 0 Å². The average Bonchev–Trinajstić information content (AvgIpc) is 3.42. The summed E-state index contributed by atoms with van der Waals surface area (Å²) < 4.78 is 21.1. The lowest BCUT2D eigenvalue weighted by molar-refractivity contribution is -0.117. The summed E-state index contributed by atoms with van der Waals surface area (Å²) in [5.74, 6) is -0.0719. The maximum absolute atomic E-state index is 14.0. The summed E-state index contributed by atoms with van der Waals surface area (Å²) in [7, 11) is 1.57. The molecular formula is C29H23ClFN5O2S. The van der Waals surface area contributed by atoms with Crippen LogP contribution in [0.4, 0.5) is 9.52 Å². The number of rotatable bonds is 8. The van der Waals surface area contributed by atoms with E-state index in [0.717, 1.165) is 22.5 Å². The van der Waals surface area contributed by atoms with Gasteiger partial charge in [-0.1, -0.05) is 59.3 Å². The number of carbonyl (C=O) groups excluding carboxylic acids is 1. The van der Waals surface area contributed by atoms with Gasteiger partial charge in [-0.25, -0.2) is 9.07 Å². The zero-order valence-electron chi connectivity index (χ0n) is 20.8. The minimum atomic E-state index is -0.288. The summed E-state index contributed by atoms with van der Waals surface area (Å²) in [6, 6.07) is 21.9. The van der Waals surface area contributed by atoms with Gasteiger partial charge in [0, 0.05) is 35.6 Å². The van der Waals surface area contributed by atoms with Crippen molar-refractivity contribution in [3.63, 3.8) is 0 Å². The minimum absolute atomic E-state index is 0.0101. The fourth-order valence-electron chi connectivity index (χ4n) is 4.62. The molecule has 1 fully saturated rings. The number of carbonyl (C=O) groups is 1. The second kappa shape index (κ2) is 10.6. The fraction of sp³-hybridized carbons (Fsp3) is 0.172. The molecule has 1 saturated carbocycles. The molecule has 196 valence electrons. The summed E-state index contributed by atoms with van der Waals surface area (Å²) in [6.45, 7) is 0. The van der Waals surface area contributed by atoms with Crippen molar-refractivity contribution in [1.29, 1.82) is 0 Å². The van der Waals surface area contributed by atoms with Gasteiger partial charge in [-0.15, -0.1) is 10.2 Å². The largest absolute Gasteiger partial charge is 0.495 e. The second-order valence-electron chi connectivity index (χ2n) is 9.27. The number of halogens is 2. The first-order valence-corrected chi connectivity index (χ1v) is 13.5. The number of anilines is 1. The lowest BCUT2D eigenvalue weighted by atomic mass is 10.0. The van der Waals surface area contributed by atoms with E-state index in [9.17, 15) is 9.18 Å². The maximum atomic E-state index is 14.0. The van der Waals surface area contributed by atoms with E-state index < -0.39 is 0 Å². The van der Waals surface area contributed by atoms with Crippen molar-refractivity contribution in [2.45, 2.75) is 18.8 Å². The molecule has 0 aliphatic heterocycles. The van der Waals surface area contributed by atoms with Crippen LogP contribution in [0.25, 0.3) is 16.9 Å². The average molecular weight is 560 g/mol. The Kier molecular flexibility index (Phi) is 6.85. The zero-order valence-corrected chi connectivity index (χ0v) is 22.4. The van der Waals surface area contributed by atoms with Crippen molar-refractivity contribution in [3.05, 3.63) is 106 Å². The molecule has 3 aromatic carbocycles. The van der Waals surface area contributed by atoms with Gasteiger partial charge < -0.3 is 10.1 Å². The highest BCUT2D eigenvalue weighted by molar-refractivity contribution is 7.15. The second-order valence-corrected chi connectivity index (χ2v) is 10.7. The summed E-state index contributed by atoms with van der Waals surface area (Å²) in [6.07, 6.45) is 2.99. The van der Waals surface area contributed by atoms with E-state index in [1.165, 1.54) is 17.4 Å². The van der Waals surface area contributed by atoms with Crippen LogP contribution in [0.1, 0.15) is 28.5 Å². The highest BCUT2D eigenvalue weighted by Crippen LogP contribution is 2.51. The third-order valence-electron chi connectivity index (χ3n) is 6.71. The van der Waals surface area contributed by atoms with Gasteiger partial charge in [0.1, 0.15) is 16.6 Å². The zero-order chi connectivity index (χ0) is 26.9. The van der Waals surface area contributed by atoms with Crippen molar-refractivity contribution in [2.75, 3.05) is 12.4 Å². The van der Waals surface area contributed by atoms with Crippen LogP contribution in [0.15, 0.2) is 79.0 Å². The van der Waals surface area contributed by atoms with Crippen LogP contribution in [-0.2, 0) is 11.2 Å². The van der Waals surface area contributed by atoms with Gasteiger partial charge in [-0.3, -0.25) is 4.79 Å². The smallest absolute Gasteiger partial charge is 0.229 e. The summed E-state index contributed by atoms with van der Waals surface area (Å²) >= 11 is 7.68. The molecule has 2 heterocycles. The molecule has 1 N–H and O–H groups in total. The Morgan fingerprint density at radius 3 is 2.69 bits per heavy atom. The van der Waals surface area contributed by atoms with Crippen molar-refractivity contribution in [2.24, 2.45) is 5.92 Å². The Labute approximate surface area is 233 Å². The number of hydrogen-bond acceptors (Lipinski definition) is 6. The van der Waals surface area contributed by atoms with Crippen LogP contribution >= 0.6 is 22.9 Å². The number of aromatic nitrogens is 4. The molecule has 0 saturated heterocycles. The van der Waals surface area contributed by atoms with E-state index in [-0.39, 0.29) is 23.6 Å². The van der Waals surface area contributed by atoms with Crippen LogP contribution in [0, 0.1) is 11.7 Å². The van der Waals surface area contributed by atoms with Gasteiger partial charge in [-0.2, -0.15) is 5.10 Å². The third kappa shape index (κ3) is 5.28. The van der Waals surface area contributed by atoms with Crippen LogP contribution in [-0.4, -0.2) is 33.0 Å². The predicted molar refractivity (Wildman–Crippen MR) is 149 cm³/mol. The molecule has 1 aliphatic rings. The topological polar surface area (TPSA) is 81.9 Å². The Bertz CT molecular complexity index is 1650. The lowest BCUT2D eigenvalue weighted by Crippen LogP contribution is -2.14. The third-order valence-corrected chi connectivity index (χ3v) is 7.85. The molecule has 0 spiro atoms. The Morgan fingerprint density at radius 1 is 1.13 bits per heavy atom. The number of nitrogens with one attached hydrogen (secondary N) is 1. The molecule has 1 amide bonds. The first-order valence-electron chi connectivity index (χ1n) is 12.4. The van der Waals surface area contributed by atoms with E-state index >= 15 is 0 Å². The van der Waals surface area contributed by atoms with E-state index in [4.69, 9.17) is 21.4 Å². The molecule has 2 atom stereocenters. The van der Waals surface area contributed by atoms with Crippen LogP contribution in [0.2, 0.25) is 5.02 Å². The standard InChI is InChI=1S/C29H23ClFN5O2S/c1-38-25-12-11-18(13-23(25)30)27-22(16-36(35-27)19-8-3-2-4-9-19)20-15-21(20)28(37)32-29-34-33-26(39-29)14-17-7-5-6-10-24(17)31/h2-13,16,20-21H,14-15H2,1H3,(H,32,34,37). The van der Waals surface area contributed by atoms with E-state index in [1.807, 2.05) is 59.4 Å². The number of benzene rings is 3. The summed E-state index contributed by atoms with van der Waals surface area (Å²) in [5.41, 5.74) is 4.04. The Hall–Kier alpha value is -4.08. The lowest BCUT2D eigenvalue weighted by Gasteiger charge is -2.06. The fourth-order valence-corrected chi connectivity index (χ4v) is 5.64. The van der Waals surface area contributed by atoms with Gasteiger partial charge in [0.05, 0.1) is 23.5 Å². The highest BCUT2D eigenvalue weighted by atomic mass is 35.5. The summed E-state index contributed by atoms with van der Waals surface area (Å²) in [5, 5.41) is 17.5. The van der Waals surface area contributed by atoms with Crippen molar-refractivity contribution in [3.8, 4) is 22.7 Å². The van der Waals surface area contributed by atoms with Crippen molar-refractivity contribution >= 4 is 34.0 Å². The predicted octanol–water partition coefficient (Wildman–Crippen LogP) is 6.52. The van der Waals surface area contributed by atoms with E-state index in [0.29, 0.717) is 39.3 Å². The molecular weight excluding hydrogens is 537 g/mol. The molecule has 6 rings (SSSR count). The van der Waals surface area contributed by atoms with Crippen LogP contribution < -0.4 is 10.1 Å². The molecule has 2 aromatic heterocycles. The number of ether oxygens (including phenoxy) is 1. The molecule has 1 aliphatic carbocycles. The Morgan fingerprint density at radius 2 is 1.92 bits per heavy atom. The van der Waals surface area contributed by atoms with Gasteiger partial charge in [0.15, 0.2) is 0 Å². The number of para-hydroxylation sites is 1. The number of nitrogens with zero attached hydrogens (tertiary/aromatic N) is 4. The van der Waals surface area contributed by atoms with Crippen molar-refractivity contribution < 1.29 is 13.9 Å².